The number of para-hydroxylation sites is 2. The third-order valence-electron chi connectivity index (χ3n) is 7.93. The average molecular weight is 568 g/mol. The number of anilines is 1. The van der Waals surface area contributed by atoms with Crippen LogP contribution in [0.5, 0.6) is 0 Å². The molecule has 2 aliphatic heterocycles. The molecule has 1 aromatic heterocycles. The van der Waals surface area contributed by atoms with Gasteiger partial charge >= 0.3 is 12.6 Å². The third-order valence-corrected chi connectivity index (χ3v) is 7.93. The van der Waals surface area contributed by atoms with Crippen molar-refractivity contribution < 1.29 is 23.1 Å². The van der Waals surface area contributed by atoms with E-state index in [-0.39, 0.29) is 17.8 Å². The Morgan fingerprint density at radius 2 is 1.66 bits per heavy atom. The Kier molecular flexibility index (Phi) is 8.47. The van der Waals surface area contributed by atoms with E-state index in [1.54, 1.807) is 35.2 Å². The zero-order chi connectivity index (χ0) is 29.1. The van der Waals surface area contributed by atoms with Crippen molar-refractivity contribution >= 4 is 28.7 Å². The third kappa shape index (κ3) is 6.80. The summed E-state index contributed by atoms with van der Waals surface area (Å²) in [5.74, 6) is 0.839. The lowest BCUT2D eigenvalue weighted by atomic mass is 9.92. The molecule has 3 heterocycles. The Labute approximate surface area is 239 Å². The predicted octanol–water partition coefficient (Wildman–Crippen LogP) is 6.17. The molecule has 2 amide bonds. The van der Waals surface area contributed by atoms with E-state index in [0.29, 0.717) is 68.2 Å². The van der Waals surface area contributed by atoms with E-state index in [4.69, 9.17) is 4.74 Å². The van der Waals surface area contributed by atoms with E-state index in [2.05, 4.69) is 9.88 Å². The van der Waals surface area contributed by atoms with E-state index in [9.17, 15) is 18.4 Å². The van der Waals surface area contributed by atoms with Crippen LogP contribution in [0.2, 0.25) is 0 Å². The SMILES string of the molecule is CC(C)(C)OC(=O)N1CCC(CCC(=O)N2CCN(c3cccc(-c4nc5ccccc5n4C(F)F)c3)CC2)CC1. The van der Waals surface area contributed by atoms with Gasteiger partial charge in [0.05, 0.1) is 11.0 Å². The molecule has 0 saturated carbocycles. The molecule has 2 aliphatic rings. The van der Waals surface area contributed by atoms with Gasteiger partial charge in [0.1, 0.15) is 11.4 Å². The lowest BCUT2D eigenvalue weighted by Gasteiger charge is -2.37. The zero-order valence-corrected chi connectivity index (χ0v) is 24.1. The summed E-state index contributed by atoms with van der Waals surface area (Å²) >= 11 is 0. The number of hydrogen-bond donors (Lipinski definition) is 0. The highest BCUT2D eigenvalue weighted by Gasteiger charge is 2.28. The Bertz CT molecular complexity index is 1370. The fourth-order valence-corrected chi connectivity index (χ4v) is 5.72. The van der Waals surface area contributed by atoms with Gasteiger partial charge in [0.15, 0.2) is 0 Å². The highest BCUT2D eigenvalue weighted by molar-refractivity contribution is 5.81. The number of imidazole rings is 1. The van der Waals surface area contributed by atoms with Crippen LogP contribution < -0.4 is 4.90 Å². The number of piperidine rings is 1. The number of aromatic nitrogens is 2. The van der Waals surface area contributed by atoms with E-state index < -0.39 is 12.2 Å². The smallest absolute Gasteiger partial charge is 0.410 e. The van der Waals surface area contributed by atoms with E-state index in [1.807, 2.05) is 43.9 Å². The number of alkyl halides is 2. The minimum Gasteiger partial charge on any atom is -0.444 e. The van der Waals surface area contributed by atoms with Gasteiger partial charge in [0.25, 0.3) is 0 Å². The standard InChI is InChI=1S/C31H39F2N5O3/c1-31(2,3)41-30(40)37-15-13-22(14-16-37)11-12-27(39)36-19-17-35(18-20-36)24-8-6-7-23(21-24)28-34-25-9-4-5-10-26(25)38(28)29(32)33/h4-10,21-22,29H,11-20H2,1-3H3. The number of piperazine rings is 1. The first kappa shape index (κ1) is 28.8. The van der Waals surface area contributed by atoms with Crippen LogP contribution in [0.3, 0.4) is 0 Å². The molecule has 0 N–H and O–H groups in total. The van der Waals surface area contributed by atoms with Crippen LogP contribution in [0.15, 0.2) is 48.5 Å². The summed E-state index contributed by atoms with van der Waals surface area (Å²) in [6, 6.07) is 14.5. The van der Waals surface area contributed by atoms with Gasteiger partial charge in [-0.2, -0.15) is 8.78 Å². The number of halogens is 2. The van der Waals surface area contributed by atoms with Crippen LogP contribution in [0.25, 0.3) is 22.4 Å². The molecular weight excluding hydrogens is 528 g/mol. The van der Waals surface area contributed by atoms with Crippen molar-refractivity contribution in [3.63, 3.8) is 0 Å². The van der Waals surface area contributed by atoms with E-state index >= 15 is 0 Å². The molecule has 5 rings (SSSR count). The largest absolute Gasteiger partial charge is 0.444 e. The van der Waals surface area contributed by atoms with Crippen LogP contribution in [0.1, 0.15) is 53.0 Å². The van der Waals surface area contributed by atoms with E-state index in [0.717, 1.165) is 29.5 Å². The molecule has 3 aromatic rings. The average Bonchev–Trinajstić information content (AvgIpc) is 3.36. The Morgan fingerprint density at radius 3 is 2.34 bits per heavy atom. The van der Waals surface area contributed by atoms with Crippen molar-refractivity contribution in [2.24, 2.45) is 5.92 Å². The van der Waals surface area contributed by atoms with Gasteiger partial charge in [-0.25, -0.2) is 9.78 Å². The second-order valence-corrected chi connectivity index (χ2v) is 11.9. The summed E-state index contributed by atoms with van der Waals surface area (Å²) in [5.41, 5.74) is 2.01. The molecule has 220 valence electrons. The fraction of sp³-hybridized carbons (Fsp3) is 0.516. The second kappa shape index (κ2) is 12.0. The highest BCUT2D eigenvalue weighted by Crippen LogP contribution is 2.32. The molecule has 41 heavy (non-hydrogen) atoms. The number of fused-ring (bicyclic) bond motifs is 1. The molecule has 2 aromatic carbocycles. The number of carbonyl (C=O) groups excluding carboxylic acids is 2. The molecule has 10 heteroatoms. The predicted molar refractivity (Wildman–Crippen MR) is 155 cm³/mol. The molecule has 0 atom stereocenters. The lowest BCUT2D eigenvalue weighted by Crippen LogP contribution is -2.49. The fourth-order valence-electron chi connectivity index (χ4n) is 5.72. The van der Waals surface area contributed by atoms with Gasteiger partial charge in [-0.05, 0) is 70.2 Å². The first-order valence-electron chi connectivity index (χ1n) is 14.5. The number of likely N-dealkylation sites (tertiary alicyclic amines) is 1. The van der Waals surface area contributed by atoms with Gasteiger partial charge in [-0.1, -0.05) is 24.3 Å². The molecule has 0 bridgehead atoms. The number of nitrogens with zero attached hydrogens (tertiary/aromatic N) is 5. The highest BCUT2D eigenvalue weighted by atomic mass is 19.3. The molecule has 0 unspecified atom stereocenters. The van der Waals surface area contributed by atoms with Gasteiger partial charge in [-0.15, -0.1) is 0 Å². The van der Waals surface area contributed by atoms with Crippen molar-refractivity contribution in [1.29, 1.82) is 0 Å². The van der Waals surface area contributed by atoms with Crippen LogP contribution in [0.4, 0.5) is 19.3 Å². The molecule has 8 nitrogen and oxygen atoms in total. The molecule has 0 radical (unpaired) electrons. The maximum Gasteiger partial charge on any atom is 0.410 e. The Morgan fingerprint density at radius 1 is 0.951 bits per heavy atom. The number of hydrogen-bond acceptors (Lipinski definition) is 5. The number of rotatable bonds is 6. The molecule has 0 spiro atoms. The summed E-state index contributed by atoms with van der Waals surface area (Å²) in [5, 5.41) is 0. The van der Waals surface area contributed by atoms with E-state index in [1.165, 1.54) is 0 Å². The van der Waals surface area contributed by atoms with Gasteiger partial charge in [0.2, 0.25) is 5.91 Å². The van der Waals surface area contributed by atoms with Crippen molar-refractivity contribution in [3.05, 3.63) is 48.5 Å². The summed E-state index contributed by atoms with van der Waals surface area (Å²) in [4.78, 5) is 35.7. The van der Waals surface area contributed by atoms with Crippen molar-refractivity contribution in [1.82, 2.24) is 19.4 Å². The topological polar surface area (TPSA) is 70.9 Å². The minimum absolute atomic E-state index is 0.165. The van der Waals surface area contributed by atoms with Crippen LogP contribution in [0, 0.1) is 5.92 Å². The summed E-state index contributed by atoms with van der Waals surface area (Å²) in [7, 11) is 0. The number of ether oxygens (including phenoxy) is 1. The number of carbonyl (C=O) groups is 2. The Balaban J connectivity index is 1.12. The summed E-state index contributed by atoms with van der Waals surface area (Å²) in [6.07, 6.45) is 2.85. The van der Waals surface area contributed by atoms with Crippen molar-refractivity contribution in [2.45, 2.75) is 58.6 Å². The number of benzene rings is 2. The first-order chi connectivity index (χ1) is 19.6. The van der Waals surface area contributed by atoms with Crippen LogP contribution in [-0.4, -0.2) is 76.2 Å². The quantitative estimate of drug-likeness (QED) is 0.356. The maximum absolute atomic E-state index is 14.0. The molecule has 2 saturated heterocycles. The summed E-state index contributed by atoms with van der Waals surface area (Å²) < 4.78 is 34.4. The lowest BCUT2D eigenvalue weighted by molar-refractivity contribution is -0.131. The van der Waals surface area contributed by atoms with Crippen LogP contribution in [-0.2, 0) is 9.53 Å². The minimum atomic E-state index is -2.70. The van der Waals surface area contributed by atoms with Gasteiger partial charge in [-0.3, -0.25) is 9.36 Å². The van der Waals surface area contributed by atoms with Crippen molar-refractivity contribution in [3.8, 4) is 11.4 Å². The van der Waals surface area contributed by atoms with Crippen LogP contribution >= 0.6 is 0 Å². The van der Waals surface area contributed by atoms with Gasteiger partial charge in [0, 0.05) is 56.9 Å². The Hall–Kier alpha value is -3.69. The van der Waals surface area contributed by atoms with Gasteiger partial charge < -0.3 is 19.4 Å². The first-order valence-corrected chi connectivity index (χ1v) is 14.5. The molecule has 2 fully saturated rings. The molecule has 0 aliphatic carbocycles. The van der Waals surface area contributed by atoms with Crippen molar-refractivity contribution in [2.75, 3.05) is 44.2 Å². The normalized spacial score (nSPS) is 17.0. The number of amides is 2. The molecular formula is C31H39F2N5O3. The second-order valence-electron chi connectivity index (χ2n) is 11.9. The maximum atomic E-state index is 14.0. The summed E-state index contributed by atoms with van der Waals surface area (Å²) in [6.45, 7) is 6.83. The monoisotopic (exact) mass is 567 g/mol. The zero-order valence-electron chi connectivity index (χ0n) is 24.1.